The number of rotatable bonds is 10. The summed E-state index contributed by atoms with van der Waals surface area (Å²) in [5.41, 5.74) is 29.7. The van der Waals surface area contributed by atoms with Crippen LogP contribution in [0.4, 0.5) is 34.1 Å². The zero-order valence-corrected chi connectivity index (χ0v) is 60.3. The van der Waals surface area contributed by atoms with Gasteiger partial charge >= 0.3 is 0 Å². The summed E-state index contributed by atoms with van der Waals surface area (Å²) in [7, 11) is 0. The normalized spacial score (nSPS) is 13.4. The van der Waals surface area contributed by atoms with E-state index in [0.717, 1.165) is 111 Å². The Bertz CT molecular complexity index is 7140. The molecule has 0 unspecified atom stereocenters. The quantitative estimate of drug-likeness (QED) is 0.137. The molecule has 0 saturated carbocycles. The maximum Gasteiger partial charge on any atom is 0.136 e. The van der Waals surface area contributed by atoms with Crippen LogP contribution in [0.3, 0.4) is 0 Å². The van der Waals surface area contributed by atoms with E-state index in [9.17, 15) is 0 Å². The van der Waals surface area contributed by atoms with Crippen LogP contribution < -0.4 is 9.80 Å². The number of thiophene rings is 1. The van der Waals surface area contributed by atoms with Crippen LogP contribution in [0, 0.1) is 0 Å². The Morgan fingerprint density at radius 1 is 0.234 bits per heavy atom. The van der Waals surface area contributed by atoms with Gasteiger partial charge in [-0.05, 0) is 237 Å². The van der Waals surface area contributed by atoms with Crippen LogP contribution in [0.25, 0.3) is 163 Å². The summed E-state index contributed by atoms with van der Waals surface area (Å²) < 4.78 is 15.7. The number of hydrogen-bond acceptors (Lipinski definition) is 5. The summed E-state index contributed by atoms with van der Waals surface area (Å²) in [6, 6.07) is 126. The van der Waals surface area contributed by atoms with Crippen LogP contribution >= 0.6 is 11.3 Å². The fraction of sp³-hybridized carbons (Fsp3) is 0.0588. The predicted molar refractivity (Wildman–Crippen MR) is 453 cm³/mol. The molecule has 0 spiro atoms. The minimum Gasteiger partial charge on any atom is -0.456 e. The van der Waals surface area contributed by atoms with Crippen molar-refractivity contribution in [1.82, 2.24) is 0 Å². The van der Waals surface area contributed by atoms with Crippen LogP contribution in [0.1, 0.15) is 49.9 Å². The Morgan fingerprint density at radius 3 is 1.41 bits per heavy atom. The fourth-order valence-corrected chi connectivity index (χ4v) is 19.4. The lowest BCUT2D eigenvalue weighted by Gasteiger charge is -2.29. The summed E-state index contributed by atoms with van der Waals surface area (Å²) >= 11 is 1.86. The van der Waals surface area contributed by atoms with Gasteiger partial charge in [0.15, 0.2) is 0 Å². The average Bonchev–Trinajstić information content (AvgIpc) is 1.60. The zero-order chi connectivity index (χ0) is 71.0. The molecule has 3 heterocycles. The molecule has 107 heavy (non-hydrogen) atoms. The first-order valence-electron chi connectivity index (χ1n) is 37.1. The summed E-state index contributed by atoms with van der Waals surface area (Å²) in [5.74, 6) is 0. The minimum absolute atomic E-state index is 0.0785. The molecule has 2 aliphatic rings. The minimum atomic E-state index is -0.268. The van der Waals surface area contributed by atoms with Crippen LogP contribution in [0.2, 0.25) is 0 Å². The highest BCUT2D eigenvalue weighted by Gasteiger charge is 2.38. The fourth-order valence-electron chi connectivity index (χ4n) is 18.3. The van der Waals surface area contributed by atoms with Crippen molar-refractivity contribution in [1.29, 1.82) is 0 Å². The van der Waals surface area contributed by atoms with Gasteiger partial charge in [-0.1, -0.05) is 246 Å². The molecule has 0 fully saturated rings. The third-order valence-electron chi connectivity index (χ3n) is 23.6. The van der Waals surface area contributed by atoms with Crippen LogP contribution in [0.5, 0.6) is 0 Å². The van der Waals surface area contributed by atoms with Gasteiger partial charge in [-0.25, -0.2) is 0 Å². The highest BCUT2D eigenvalue weighted by molar-refractivity contribution is 7.25. The molecule has 17 aromatic carbocycles. The first-order valence-corrected chi connectivity index (χ1v) is 37.9. The van der Waals surface area contributed by atoms with E-state index in [1.165, 1.54) is 108 Å². The van der Waals surface area contributed by atoms with Crippen molar-refractivity contribution in [3.63, 3.8) is 0 Å². The maximum atomic E-state index is 6.84. The first kappa shape index (κ1) is 61.4. The van der Waals surface area contributed by atoms with Crippen LogP contribution in [0.15, 0.2) is 349 Å². The van der Waals surface area contributed by atoms with E-state index >= 15 is 0 Å². The van der Waals surface area contributed by atoms with E-state index in [4.69, 9.17) is 8.83 Å². The molecule has 0 atom stereocenters. The predicted octanol–water partition coefficient (Wildman–Crippen LogP) is 29.5. The van der Waals surface area contributed by atoms with Crippen molar-refractivity contribution in [2.45, 2.75) is 38.5 Å². The summed E-state index contributed by atoms with van der Waals surface area (Å²) in [4.78, 5) is 4.90. The average molecular weight is 1390 g/mol. The molecule has 0 N–H and O–H groups in total. The number of hydrogen-bond donors (Lipinski definition) is 0. The number of para-hydroxylation sites is 2. The van der Waals surface area contributed by atoms with E-state index < -0.39 is 0 Å². The Hall–Kier alpha value is -13.1. The Balaban J connectivity index is 0.585. The SMILES string of the molecule is CC1(C)c2ccccc2-c2cc(N(c3ccc(-c4ccc5c(ccc6oc7cc(-c8ccc9c(c8)C(C)(C)c8ccc(N(c%10ccc(-c%11ccc%12c(ccc%13oc%14ccccc%14c%13%12)c%11)cc%10)c%10ccccc%10-c%10cccc%11ccccc%10%11)cc8-9)ccc7c65)c4)cc3)c3ccc4c(c3)sc3ccccc34)ccc21. The standard InChI is InChI=1S/C102H68N2O2S/c1-101(2)88-24-11-7-19-79(88)86-58-72(43-50-89(86)101)103(74-42-49-83-82-21-10-14-27-97(82)107-98(83)60-74)70-38-28-61(29-39-70)64-33-46-77-69(55-64)37-53-95-100(77)85-48-35-67(57-96(85)106-95)66-34-47-80-87-59-73(44-51-90(87)102(3,4)91(80)56-66)104(92-25-12-8-20-81(92)78-23-15-17-63-16-5-6-18-75(63)78)71-40-30-62(31-41-71)65-32-45-76-68(54-65)36-52-94-99(76)84-22-9-13-26-93(84)105-94/h5-60H,1-4H3. The topological polar surface area (TPSA) is 32.8 Å². The van der Waals surface area contributed by atoms with Crippen molar-refractivity contribution in [2.24, 2.45) is 0 Å². The van der Waals surface area contributed by atoms with Crippen molar-refractivity contribution in [3.05, 3.63) is 362 Å². The Morgan fingerprint density at radius 2 is 0.692 bits per heavy atom. The first-order chi connectivity index (χ1) is 52.5. The molecule has 4 nitrogen and oxygen atoms in total. The number of anilines is 6. The van der Waals surface area contributed by atoms with Crippen LogP contribution in [-0.2, 0) is 10.8 Å². The lowest BCUT2D eigenvalue weighted by molar-refractivity contribution is 0.660. The highest BCUT2D eigenvalue weighted by Crippen LogP contribution is 2.55. The van der Waals surface area contributed by atoms with Crippen molar-refractivity contribution in [2.75, 3.05) is 9.80 Å². The molecule has 20 aromatic rings. The molecule has 0 saturated heterocycles. The summed E-state index contributed by atoms with van der Waals surface area (Å²) in [6.45, 7) is 9.47. The number of furan rings is 2. The zero-order valence-electron chi connectivity index (χ0n) is 59.5. The molecule has 2 aliphatic carbocycles. The van der Waals surface area contributed by atoms with E-state index in [1.54, 1.807) is 0 Å². The monoisotopic (exact) mass is 1380 g/mol. The largest absolute Gasteiger partial charge is 0.456 e. The molecule has 0 aliphatic heterocycles. The molecule has 504 valence electrons. The molecule has 22 rings (SSSR count). The highest BCUT2D eigenvalue weighted by atomic mass is 32.1. The molecule has 0 radical (unpaired) electrons. The van der Waals surface area contributed by atoms with Gasteiger partial charge in [0, 0.05) is 86.5 Å². The molecule has 3 aromatic heterocycles. The second-order valence-electron chi connectivity index (χ2n) is 30.3. The number of nitrogens with zero attached hydrogens (tertiary/aromatic N) is 2. The van der Waals surface area contributed by atoms with Gasteiger partial charge in [-0.2, -0.15) is 0 Å². The Labute approximate surface area is 623 Å². The number of benzene rings is 17. The molecule has 5 heteroatoms. The van der Waals surface area contributed by atoms with Crippen LogP contribution in [-0.4, -0.2) is 0 Å². The van der Waals surface area contributed by atoms with E-state index in [1.807, 2.05) is 17.4 Å². The molecular formula is C102H68N2O2S. The van der Waals surface area contributed by atoms with Gasteiger partial charge in [0.2, 0.25) is 0 Å². The second-order valence-corrected chi connectivity index (χ2v) is 31.3. The van der Waals surface area contributed by atoms with Crippen molar-refractivity contribution in [3.8, 4) is 66.8 Å². The van der Waals surface area contributed by atoms with Gasteiger partial charge in [-0.3, -0.25) is 0 Å². The molecule has 0 amide bonds. The van der Waals surface area contributed by atoms with E-state index in [2.05, 4.69) is 371 Å². The van der Waals surface area contributed by atoms with Gasteiger partial charge < -0.3 is 18.6 Å². The maximum absolute atomic E-state index is 6.84. The van der Waals surface area contributed by atoms with E-state index in [0.29, 0.717) is 0 Å². The van der Waals surface area contributed by atoms with E-state index in [-0.39, 0.29) is 10.8 Å². The van der Waals surface area contributed by atoms with Gasteiger partial charge in [0.1, 0.15) is 22.3 Å². The summed E-state index contributed by atoms with van der Waals surface area (Å²) in [5, 5.41) is 14.3. The second kappa shape index (κ2) is 23.2. The smallest absolute Gasteiger partial charge is 0.136 e. The van der Waals surface area contributed by atoms with Gasteiger partial charge in [0.05, 0.1) is 5.69 Å². The Kier molecular flexibility index (Phi) is 13.3. The third-order valence-corrected chi connectivity index (χ3v) is 24.8. The van der Waals surface area contributed by atoms with Crippen molar-refractivity contribution >= 4 is 142 Å². The van der Waals surface area contributed by atoms with Crippen molar-refractivity contribution < 1.29 is 8.83 Å². The van der Waals surface area contributed by atoms with Gasteiger partial charge in [-0.15, -0.1) is 11.3 Å². The molecule has 0 bridgehead atoms. The number of fused-ring (bicyclic) bond motifs is 20. The molecular weight excluding hydrogens is 1320 g/mol. The lowest BCUT2D eigenvalue weighted by Crippen LogP contribution is -2.15. The third kappa shape index (κ3) is 9.47. The summed E-state index contributed by atoms with van der Waals surface area (Å²) in [6.07, 6.45) is 0. The van der Waals surface area contributed by atoms with Gasteiger partial charge in [0.25, 0.3) is 0 Å². The lowest BCUT2D eigenvalue weighted by atomic mass is 9.81.